The van der Waals surface area contributed by atoms with Gasteiger partial charge in [-0.15, -0.1) is 0 Å². The van der Waals surface area contributed by atoms with Gasteiger partial charge in [0.2, 0.25) is 65.0 Å². The highest BCUT2D eigenvalue weighted by Gasteiger charge is 2.42. The van der Waals surface area contributed by atoms with Crippen molar-refractivity contribution in [2.45, 2.75) is 151 Å². The average Bonchev–Trinajstić information content (AvgIpc) is 1.01. The molecular weight excluding hydrogens is 1450 g/mol. The van der Waals surface area contributed by atoms with Gasteiger partial charge in [0.15, 0.2) is 5.96 Å². The number of rotatable bonds is 33. The van der Waals surface area contributed by atoms with Crippen LogP contribution in [0.5, 0.6) is 5.75 Å². The number of imidazole rings is 1. The van der Waals surface area contributed by atoms with Crippen molar-refractivity contribution in [2.24, 2.45) is 28.1 Å². The molecule has 109 heavy (non-hydrogen) atoms. The number of benzene rings is 3. The molecule has 0 bridgehead atoms. The number of alkyl halides is 6. The molecule has 6 aromatic rings. The number of hydrogen-bond acceptors (Lipinski definition) is 17. The van der Waals surface area contributed by atoms with Gasteiger partial charge in [0.25, 0.3) is 0 Å². The number of amides is 11. The normalized spacial score (nSPS) is 17.2. The number of fused-ring (bicyclic) bond motifs is 2. The van der Waals surface area contributed by atoms with Crippen LogP contribution in [0, 0.1) is 5.89 Å². The van der Waals surface area contributed by atoms with E-state index in [9.17, 15) is 74.9 Å². The van der Waals surface area contributed by atoms with Crippen LogP contribution in [0.4, 0.5) is 26.3 Å². The molecule has 35 nitrogen and oxygen atoms in total. The number of aliphatic carboxylic acids is 2. The lowest BCUT2D eigenvalue weighted by atomic mass is 9.99. The maximum absolute atomic E-state index is 15.3. The summed E-state index contributed by atoms with van der Waals surface area (Å²) in [6.07, 6.45) is -6.95. The number of phenols is 1. The van der Waals surface area contributed by atoms with Crippen molar-refractivity contribution >= 4 is 105 Å². The Morgan fingerprint density at radius 2 is 1.13 bits per heavy atom. The van der Waals surface area contributed by atoms with E-state index in [0.29, 0.717) is 38.6 Å². The first kappa shape index (κ1) is 74.9. The number of carboxylic acids is 2. The molecule has 0 aliphatic carbocycles. The third-order valence-electron chi connectivity index (χ3n) is 16.6. The van der Waals surface area contributed by atoms with Crippen molar-refractivity contribution in [3.63, 3.8) is 0 Å². The summed E-state index contributed by atoms with van der Waals surface area (Å²) in [6.45, 7) is -9.32. The second kappa shape index (κ2) is 39.9. The SMILES string of the molecule is O=C(O)C(F)(F)F.O=C(O)C(F)(F)F.[2H]C([2H])([2H])C([2H])(C[C@H](NC(=O)[C@@H](Cc1c[nH]c2ccccc12)NC(=O)[C@H](Cc1ccc(O)cc1)NC(=O)[C@H](CO)NC(=O)[C@H](Cc1c[nH]c2ccccc12)NC(=O)[C@H](Cc1cnc[nH]1)NC(=O)[C@@H]1CCC(=O)N1)C(=O)N[C@@H](CCCN=C(N)N)C(=O)N1CCC[C@H]1C(=O)NCC(N)=O)C([2H])([2H])[2H]. The van der Waals surface area contributed by atoms with E-state index in [1.54, 1.807) is 54.7 Å². The van der Waals surface area contributed by atoms with E-state index in [1.165, 1.54) is 43.0 Å². The van der Waals surface area contributed by atoms with E-state index < -0.39 is 190 Å². The van der Waals surface area contributed by atoms with Crippen LogP contribution in [-0.2, 0) is 88.0 Å². The van der Waals surface area contributed by atoms with E-state index in [1.807, 2.05) is 0 Å². The number of nitrogens with two attached hydrogens (primary N) is 3. The number of aromatic hydroxyl groups is 1. The second-order valence-electron chi connectivity index (χ2n) is 24.7. The standard InChI is InChI=1S/C64H82N18O13.2C2HF3O2/c1-34(2)23-46(56(88)75-45(13-7-21-69-64(66)67)63(95)82-22-8-14-52(82)62(94)72-31-53(65)85)76-58(90)48(25-36-28-70-42-11-5-3-9-40(36)42)78-57(89)47(24-35-15-17-39(84)18-16-35)77-61(93)51(32-83)81-59(91)49(26-37-29-71-43-12-6-4-10-41(37)43)79-60(92)50(27-38-30-68-33-73-38)80-55(87)44-19-20-54(86)74-44;2*3-2(4,5)1(6)7/h3-6,9-12,15-18,28-30,33-34,44-52,70-71,83-84H,7-8,13-14,19-27,31-32H2,1-2H3,(H2,65,85)(H,68,73)(H,72,94)(H,74,86)(H,75,88)(H,76,90)(H,77,93)(H,78,89)(H,79,92)(H,80,87)(H,81,91)(H4,66,67,69);2*(H,6,7)/t44-,45-,46-,47-,48+,49-,50-,51-,52-;;/m0../s1/i1D3,2D3,34D;;. The minimum absolute atomic E-state index is 0.0392. The highest BCUT2D eigenvalue weighted by Crippen LogP contribution is 2.24. The van der Waals surface area contributed by atoms with Crippen LogP contribution < -0.4 is 65.1 Å². The zero-order chi connectivity index (χ0) is 86.4. The van der Waals surface area contributed by atoms with Crippen molar-refractivity contribution < 1.29 is 119 Å². The van der Waals surface area contributed by atoms with Crippen LogP contribution in [0.25, 0.3) is 21.8 Å². The number of primary amides is 1. The van der Waals surface area contributed by atoms with Gasteiger partial charge in [-0.3, -0.25) is 57.7 Å². The van der Waals surface area contributed by atoms with E-state index in [4.69, 9.17) is 46.6 Å². The minimum atomic E-state index is -5.08. The van der Waals surface area contributed by atoms with Crippen LogP contribution in [0.1, 0.15) is 90.6 Å². The summed E-state index contributed by atoms with van der Waals surface area (Å²) in [5.41, 5.74) is 19.0. The summed E-state index contributed by atoms with van der Waals surface area (Å²) in [5, 5.41) is 59.2. The number of nitrogens with one attached hydrogen (secondary N) is 12. The number of phenolic OH excluding ortho intramolecular Hbond substituents is 1. The van der Waals surface area contributed by atoms with Crippen LogP contribution in [0.2, 0.25) is 0 Å². The van der Waals surface area contributed by atoms with Gasteiger partial charge in [-0.2, -0.15) is 26.3 Å². The van der Waals surface area contributed by atoms with Crippen molar-refractivity contribution in [2.75, 3.05) is 26.2 Å². The Bertz CT molecular complexity index is 4490. The van der Waals surface area contributed by atoms with Gasteiger partial charge in [-0.25, -0.2) is 14.6 Å². The summed E-state index contributed by atoms with van der Waals surface area (Å²) in [6, 6.07) is 4.28. The monoisotopic (exact) mass is 1550 g/mol. The molecule has 0 unspecified atom stereocenters. The number of aliphatic imine (C=N–C) groups is 1. The first-order valence-corrected chi connectivity index (χ1v) is 33.1. The molecule has 41 heteroatoms. The molecule has 0 spiro atoms. The molecule has 2 fully saturated rings. The van der Waals surface area contributed by atoms with Gasteiger partial charge < -0.3 is 105 Å². The molecule has 2 aliphatic heterocycles. The molecule has 590 valence electrons. The fourth-order valence-corrected chi connectivity index (χ4v) is 11.2. The summed E-state index contributed by atoms with van der Waals surface area (Å²) in [4.78, 5) is 191. The molecule has 0 radical (unpaired) electrons. The van der Waals surface area contributed by atoms with Gasteiger partial charge >= 0.3 is 24.3 Å². The smallest absolute Gasteiger partial charge is 0.490 e. The van der Waals surface area contributed by atoms with Gasteiger partial charge in [-0.1, -0.05) is 62.2 Å². The Balaban J connectivity index is 0.00000136. The number of aromatic amines is 3. The predicted molar refractivity (Wildman–Crippen MR) is 374 cm³/mol. The number of likely N-dealkylation sites (tertiary alicyclic amines) is 1. The lowest BCUT2D eigenvalue weighted by Gasteiger charge is -2.30. The number of hydrogen-bond donors (Lipinski definition) is 19. The number of carbonyl (C=O) groups is 13. The Hall–Kier alpha value is -12.3. The molecule has 5 heterocycles. The number of H-pyrrole nitrogens is 3. The quantitative estimate of drug-likeness (QED) is 0.0101. The topological polar surface area (TPSA) is 565 Å². The first-order chi connectivity index (χ1) is 54.2. The van der Waals surface area contributed by atoms with Crippen molar-refractivity contribution in [3.05, 3.63) is 120 Å². The van der Waals surface area contributed by atoms with E-state index in [0.717, 1.165) is 4.90 Å². The molecule has 22 N–H and O–H groups in total. The number of nitrogens with zero attached hydrogens (tertiary/aromatic N) is 3. The third kappa shape index (κ3) is 26.6. The zero-order valence-electron chi connectivity index (χ0n) is 64.5. The predicted octanol–water partition coefficient (Wildman–Crippen LogP) is -1.03. The van der Waals surface area contributed by atoms with E-state index >= 15 is 14.4 Å². The summed E-state index contributed by atoms with van der Waals surface area (Å²) < 4.78 is 122. The number of aromatic nitrogens is 4. The Labute approximate surface area is 625 Å². The van der Waals surface area contributed by atoms with Crippen LogP contribution >= 0.6 is 0 Å². The number of aliphatic hydroxyl groups is 1. The lowest BCUT2D eigenvalue weighted by molar-refractivity contribution is -0.193. The molecule has 8 rings (SSSR count). The second-order valence-corrected chi connectivity index (χ2v) is 24.7. The number of carboxylic acid groups (broad SMARTS) is 2. The Morgan fingerprint density at radius 3 is 1.61 bits per heavy atom. The third-order valence-corrected chi connectivity index (χ3v) is 16.6. The van der Waals surface area contributed by atoms with Gasteiger partial charge in [0.05, 0.1) is 19.5 Å². The van der Waals surface area contributed by atoms with Crippen LogP contribution in [0.3, 0.4) is 0 Å². The summed E-state index contributed by atoms with van der Waals surface area (Å²) >= 11 is 0. The molecular formula is C68H84F6N18O17. The number of guanidine groups is 1. The van der Waals surface area contributed by atoms with Gasteiger partial charge in [0, 0.05) is 101 Å². The summed E-state index contributed by atoms with van der Waals surface area (Å²) in [5.74, 6) is -20.3. The van der Waals surface area contributed by atoms with Crippen molar-refractivity contribution in [3.8, 4) is 5.75 Å². The molecule has 11 amide bonds. The molecule has 3 aromatic heterocycles. The molecule has 2 saturated heterocycles. The number of halogens is 6. The van der Waals surface area contributed by atoms with E-state index in [-0.39, 0.29) is 87.6 Å². The maximum atomic E-state index is 15.3. The van der Waals surface area contributed by atoms with E-state index in [2.05, 4.69) is 72.8 Å². The average molecular weight is 1550 g/mol. The number of carbonyl (C=O) groups excluding carboxylic acids is 11. The highest BCUT2D eigenvalue weighted by atomic mass is 19.4. The maximum Gasteiger partial charge on any atom is 0.490 e. The molecule has 0 saturated carbocycles. The van der Waals surface area contributed by atoms with Crippen LogP contribution in [0.15, 0.2) is 103 Å². The van der Waals surface area contributed by atoms with Crippen molar-refractivity contribution in [1.82, 2.24) is 72.7 Å². The molecule has 2 aliphatic rings. The fourth-order valence-electron chi connectivity index (χ4n) is 11.2. The summed E-state index contributed by atoms with van der Waals surface area (Å²) in [7, 11) is 0. The number of aliphatic hydroxyl groups excluding tert-OH is 1. The molecule has 9 atom stereocenters. The minimum Gasteiger partial charge on any atom is -0.508 e. The molecule has 3 aromatic carbocycles. The van der Waals surface area contributed by atoms with Gasteiger partial charge in [-0.05, 0) is 85.4 Å². The largest absolute Gasteiger partial charge is 0.508 e. The number of para-hydroxylation sites is 2. The zero-order valence-corrected chi connectivity index (χ0v) is 57.5. The lowest BCUT2D eigenvalue weighted by Crippen LogP contribution is -2.61. The van der Waals surface area contributed by atoms with Crippen LogP contribution in [-0.4, -0.2) is 221 Å². The fraction of sp³-hybridized carbons (Fsp3) is 0.426. The first-order valence-electron chi connectivity index (χ1n) is 36.6. The highest BCUT2D eigenvalue weighted by molar-refractivity contribution is 6.00. The van der Waals surface area contributed by atoms with Crippen molar-refractivity contribution in [1.29, 1.82) is 0 Å². The Kier molecular flexibility index (Phi) is 27.4. The van der Waals surface area contributed by atoms with Gasteiger partial charge in [0.1, 0.15) is 60.1 Å². The Morgan fingerprint density at radius 1 is 0.642 bits per heavy atom.